The van der Waals surface area contributed by atoms with Gasteiger partial charge in [0.1, 0.15) is 0 Å². The molecule has 0 radical (unpaired) electrons. The van der Waals surface area contributed by atoms with E-state index in [1.165, 1.54) is 32.0 Å². The maximum absolute atomic E-state index is 9.01. The summed E-state index contributed by atoms with van der Waals surface area (Å²) in [6, 6.07) is 25.9. The van der Waals surface area contributed by atoms with Crippen LogP contribution in [-0.2, 0) is 19.3 Å². The maximum Gasteiger partial charge on any atom is 0.0471 e. The van der Waals surface area contributed by atoms with Crippen molar-refractivity contribution in [3.05, 3.63) is 95.1 Å². The molecule has 0 spiro atoms. The molecule has 0 aromatic heterocycles. The molecule has 0 heterocycles. The van der Waals surface area contributed by atoms with E-state index in [4.69, 9.17) is 5.11 Å². The highest BCUT2D eigenvalue weighted by Crippen LogP contribution is 2.33. The molecule has 0 unspecified atom stereocenters. The van der Waals surface area contributed by atoms with Crippen LogP contribution >= 0.6 is 11.8 Å². The van der Waals surface area contributed by atoms with Crippen molar-refractivity contribution in [2.24, 2.45) is 0 Å². The van der Waals surface area contributed by atoms with Gasteiger partial charge in [-0.1, -0.05) is 72.4 Å². The predicted molar refractivity (Wildman–Crippen MR) is 106 cm³/mol. The van der Waals surface area contributed by atoms with Crippen LogP contribution in [0.25, 0.3) is 0 Å². The molecule has 0 amide bonds. The van der Waals surface area contributed by atoms with Crippen molar-refractivity contribution in [1.29, 1.82) is 0 Å². The van der Waals surface area contributed by atoms with E-state index in [-0.39, 0.29) is 6.61 Å². The first kappa shape index (κ1) is 17.8. The molecule has 1 nitrogen and oxygen atoms in total. The summed E-state index contributed by atoms with van der Waals surface area (Å²) in [4.78, 5) is 2.66. The fourth-order valence-electron chi connectivity index (χ4n) is 2.88. The number of rotatable bonds is 7. The lowest BCUT2D eigenvalue weighted by Gasteiger charge is -2.11. The van der Waals surface area contributed by atoms with E-state index >= 15 is 0 Å². The van der Waals surface area contributed by atoms with Gasteiger partial charge >= 0.3 is 0 Å². The molecule has 0 atom stereocenters. The molecule has 3 rings (SSSR count). The standard InChI is InChI=1S/C23H24OS/c1-18-6-2-4-8-22(18)25-23-9-5-3-7-21(23)15-14-19-10-12-20(13-11-19)16-17-24/h2-13,24H,14-17H2,1H3. The van der Waals surface area contributed by atoms with Crippen molar-refractivity contribution in [3.63, 3.8) is 0 Å². The van der Waals surface area contributed by atoms with Gasteiger partial charge in [-0.05, 0) is 60.6 Å². The second-order valence-corrected chi connectivity index (χ2v) is 7.35. The summed E-state index contributed by atoms with van der Waals surface area (Å²) in [5.74, 6) is 0. The molecule has 0 aliphatic rings. The Bertz CT molecular complexity index is 808. The van der Waals surface area contributed by atoms with Gasteiger partial charge in [0, 0.05) is 16.4 Å². The zero-order valence-electron chi connectivity index (χ0n) is 14.6. The normalized spacial score (nSPS) is 10.8. The first-order valence-electron chi connectivity index (χ1n) is 8.76. The number of benzene rings is 3. The van der Waals surface area contributed by atoms with Gasteiger partial charge in [0.2, 0.25) is 0 Å². The van der Waals surface area contributed by atoms with Gasteiger partial charge in [-0.2, -0.15) is 0 Å². The Morgan fingerprint density at radius 2 is 1.28 bits per heavy atom. The highest BCUT2D eigenvalue weighted by Gasteiger charge is 2.06. The van der Waals surface area contributed by atoms with Crippen molar-refractivity contribution >= 4 is 11.8 Å². The molecule has 3 aromatic rings. The first-order valence-corrected chi connectivity index (χ1v) is 9.58. The Morgan fingerprint density at radius 1 is 0.680 bits per heavy atom. The van der Waals surface area contributed by atoms with Crippen LogP contribution < -0.4 is 0 Å². The molecule has 128 valence electrons. The molecular formula is C23H24OS. The van der Waals surface area contributed by atoms with E-state index in [1.807, 2.05) is 11.8 Å². The highest BCUT2D eigenvalue weighted by atomic mass is 32.2. The third kappa shape index (κ3) is 4.97. The lowest BCUT2D eigenvalue weighted by molar-refractivity contribution is 0.299. The van der Waals surface area contributed by atoms with E-state index in [0.29, 0.717) is 0 Å². The minimum atomic E-state index is 0.211. The Labute approximate surface area is 154 Å². The smallest absolute Gasteiger partial charge is 0.0471 e. The summed E-state index contributed by atoms with van der Waals surface area (Å²) in [7, 11) is 0. The third-order valence-electron chi connectivity index (χ3n) is 4.39. The quantitative estimate of drug-likeness (QED) is 0.611. The highest BCUT2D eigenvalue weighted by molar-refractivity contribution is 7.99. The number of aryl methyl sites for hydroxylation is 3. The minimum absolute atomic E-state index is 0.211. The van der Waals surface area contributed by atoms with Crippen molar-refractivity contribution in [1.82, 2.24) is 0 Å². The zero-order chi connectivity index (χ0) is 17.5. The van der Waals surface area contributed by atoms with Crippen LogP contribution in [0.2, 0.25) is 0 Å². The molecular weight excluding hydrogens is 324 g/mol. The van der Waals surface area contributed by atoms with Crippen molar-refractivity contribution < 1.29 is 5.11 Å². The minimum Gasteiger partial charge on any atom is -0.396 e. The Balaban J connectivity index is 1.69. The SMILES string of the molecule is Cc1ccccc1Sc1ccccc1CCc1ccc(CCO)cc1. The van der Waals surface area contributed by atoms with Crippen LogP contribution in [0.1, 0.15) is 22.3 Å². The second kappa shape index (κ2) is 8.89. The van der Waals surface area contributed by atoms with Crippen LogP contribution in [-0.4, -0.2) is 11.7 Å². The number of aliphatic hydroxyl groups excluding tert-OH is 1. The molecule has 1 N–H and O–H groups in total. The predicted octanol–water partition coefficient (Wildman–Crippen LogP) is 5.47. The summed E-state index contributed by atoms with van der Waals surface area (Å²) >= 11 is 1.86. The van der Waals surface area contributed by atoms with Gasteiger partial charge in [-0.15, -0.1) is 0 Å². The van der Waals surface area contributed by atoms with Gasteiger partial charge in [0.25, 0.3) is 0 Å². The Morgan fingerprint density at radius 3 is 1.96 bits per heavy atom. The summed E-state index contributed by atoms with van der Waals surface area (Å²) in [6.07, 6.45) is 2.80. The van der Waals surface area contributed by atoms with Crippen LogP contribution in [0.15, 0.2) is 82.6 Å². The summed E-state index contributed by atoms with van der Waals surface area (Å²) in [5.41, 5.74) is 5.26. The number of hydrogen-bond acceptors (Lipinski definition) is 2. The van der Waals surface area contributed by atoms with E-state index in [1.54, 1.807) is 0 Å². The van der Waals surface area contributed by atoms with Gasteiger partial charge in [0.15, 0.2) is 0 Å². The summed E-state index contributed by atoms with van der Waals surface area (Å²) < 4.78 is 0. The van der Waals surface area contributed by atoms with Crippen molar-refractivity contribution in [2.75, 3.05) is 6.61 Å². The lowest BCUT2D eigenvalue weighted by atomic mass is 10.0. The topological polar surface area (TPSA) is 20.2 Å². The monoisotopic (exact) mass is 348 g/mol. The van der Waals surface area contributed by atoms with Gasteiger partial charge in [-0.25, -0.2) is 0 Å². The Kier molecular flexibility index (Phi) is 6.32. The molecule has 3 aromatic carbocycles. The molecule has 0 saturated heterocycles. The molecule has 0 aliphatic heterocycles. The number of hydrogen-bond donors (Lipinski definition) is 1. The second-order valence-electron chi connectivity index (χ2n) is 6.27. The van der Waals surface area contributed by atoms with Crippen LogP contribution in [0, 0.1) is 6.92 Å². The van der Waals surface area contributed by atoms with Gasteiger partial charge in [0.05, 0.1) is 0 Å². The zero-order valence-corrected chi connectivity index (χ0v) is 15.4. The average Bonchev–Trinajstić information content (AvgIpc) is 2.64. The van der Waals surface area contributed by atoms with E-state index in [2.05, 4.69) is 79.7 Å². The fourth-order valence-corrected chi connectivity index (χ4v) is 3.94. The fraction of sp³-hybridized carbons (Fsp3) is 0.217. The molecule has 0 aliphatic carbocycles. The van der Waals surface area contributed by atoms with Crippen LogP contribution in [0.4, 0.5) is 0 Å². The first-order chi connectivity index (χ1) is 12.3. The van der Waals surface area contributed by atoms with Crippen molar-refractivity contribution in [2.45, 2.75) is 36.0 Å². The largest absolute Gasteiger partial charge is 0.396 e. The lowest BCUT2D eigenvalue weighted by Crippen LogP contribution is -1.95. The molecule has 0 bridgehead atoms. The number of aliphatic hydroxyl groups is 1. The molecule has 2 heteroatoms. The van der Waals surface area contributed by atoms with E-state index in [0.717, 1.165) is 19.3 Å². The molecule has 0 fully saturated rings. The average molecular weight is 349 g/mol. The molecule has 25 heavy (non-hydrogen) atoms. The van der Waals surface area contributed by atoms with Crippen LogP contribution in [0.5, 0.6) is 0 Å². The Hall–Kier alpha value is -2.03. The summed E-state index contributed by atoms with van der Waals surface area (Å²) in [5, 5.41) is 9.01. The van der Waals surface area contributed by atoms with E-state index in [9.17, 15) is 0 Å². The van der Waals surface area contributed by atoms with Gasteiger partial charge in [-0.3, -0.25) is 0 Å². The third-order valence-corrected chi connectivity index (χ3v) is 5.69. The van der Waals surface area contributed by atoms with Crippen molar-refractivity contribution in [3.8, 4) is 0 Å². The van der Waals surface area contributed by atoms with Crippen LogP contribution in [0.3, 0.4) is 0 Å². The summed E-state index contributed by atoms with van der Waals surface area (Å²) in [6.45, 7) is 2.38. The molecule has 0 saturated carbocycles. The van der Waals surface area contributed by atoms with Gasteiger partial charge < -0.3 is 5.11 Å². The maximum atomic E-state index is 9.01. The van der Waals surface area contributed by atoms with E-state index < -0.39 is 0 Å².